The zero-order valence-electron chi connectivity index (χ0n) is 10.2. The third-order valence-electron chi connectivity index (χ3n) is 2.48. The van der Waals surface area contributed by atoms with E-state index in [0.29, 0.717) is 6.42 Å². The highest BCUT2D eigenvalue weighted by Crippen LogP contribution is 2.03. The Morgan fingerprint density at radius 3 is 2.31 bits per heavy atom. The van der Waals surface area contributed by atoms with Crippen LogP contribution in [0.5, 0.6) is 0 Å². The minimum Gasteiger partial charge on any atom is -0.480 e. The molecule has 4 N–H and O–H groups in total. The molecule has 0 rings (SSSR count). The number of amides is 1. The average molecular weight is 230 g/mol. The summed E-state index contributed by atoms with van der Waals surface area (Å²) in [7, 11) is 0. The molecule has 1 amide bonds. The molecule has 0 spiro atoms. The molecule has 0 aromatic rings. The van der Waals surface area contributed by atoms with Gasteiger partial charge in [0.25, 0.3) is 0 Å². The molecular formula is C11H22N2O3. The molecule has 16 heavy (non-hydrogen) atoms. The number of carbonyl (C=O) groups excluding carboxylic acids is 1. The summed E-state index contributed by atoms with van der Waals surface area (Å²) in [6.45, 7) is 5.62. The largest absolute Gasteiger partial charge is 0.480 e. The second kappa shape index (κ2) is 7.22. The van der Waals surface area contributed by atoms with Gasteiger partial charge in [0.15, 0.2) is 0 Å². The Balaban J connectivity index is 4.28. The van der Waals surface area contributed by atoms with Crippen LogP contribution in [0.15, 0.2) is 0 Å². The van der Waals surface area contributed by atoms with Gasteiger partial charge in [0, 0.05) is 0 Å². The maximum absolute atomic E-state index is 11.6. The zero-order valence-corrected chi connectivity index (χ0v) is 10.2. The second-order valence-corrected chi connectivity index (χ2v) is 4.31. The Kier molecular flexibility index (Phi) is 6.72. The summed E-state index contributed by atoms with van der Waals surface area (Å²) in [6.07, 6.45) is 2.12. The van der Waals surface area contributed by atoms with Crippen LogP contribution < -0.4 is 11.1 Å². The van der Waals surface area contributed by atoms with Gasteiger partial charge in [-0.25, -0.2) is 4.79 Å². The molecule has 0 fully saturated rings. The molecule has 5 nitrogen and oxygen atoms in total. The zero-order chi connectivity index (χ0) is 12.7. The van der Waals surface area contributed by atoms with E-state index in [4.69, 9.17) is 10.8 Å². The van der Waals surface area contributed by atoms with E-state index in [0.717, 1.165) is 12.8 Å². The number of aliphatic carboxylic acids is 1. The lowest BCUT2D eigenvalue weighted by atomic mass is 10.0. The number of carboxylic acid groups (broad SMARTS) is 1. The summed E-state index contributed by atoms with van der Waals surface area (Å²) in [4.78, 5) is 22.4. The van der Waals surface area contributed by atoms with E-state index in [1.54, 1.807) is 0 Å². The van der Waals surface area contributed by atoms with Gasteiger partial charge in [-0.2, -0.15) is 0 Å². The third-order valence-corrected chi connectivity index (χ3v) is 2.48. The van der Waals surface area contributed by atoms with Gasteiger partial charge in [0.1, 0.15) is 6.04 Å². The van der Waals surface area contributed by atoms with Crippen LogP contribution in [0.4, 0.5) is 0 Å². The van der Waals surface area contributed by atoms with Crippen molar-refractivity contribution < 1.29 is 14.7 Å². The predicted octanol–water partition coefficient (Wildman–Crippen LogP) is 0.729. The van der Waals surface area contributed by atoms with Crippen LogP contribution in [0, 0.1) is 5.92 Å². The normalized spacial score (nSPS) is 14.6. The van der Waals surface area contributed by atoms with Gasteiger partial charge < -0.3 is 16.2 Å². The summed E-state index contributed by atoms with van der Waals surface area (Å²) in [5, 5.41) is 11.4. The maximum Gasteiger partial charge on any atom is 0.326 e. The summed E-state index contributed by atoms with van der Waals surface area (Å²) in [6, 6.07) is -1.47. The molecule has 0 saturated carbocycles. The van der Waals surface area contributed by atoms with E-state index in [2.05, 4.69) is 5.32 Å². The van der Waals surface area contributed by atoms with Gasteiger partial charge in [0.05, 0.1) is 6.04 Å². The molecule has 2 atom stereocenters. The minimum absolute atomic E-state index is 0.000574. The van der Waals surface area contributed by atoms with Crippen LogP contribution in [-0.4, -0.2) is 29.1 Å². The first kappa shape index (κ1) is 14.9. The monoisotopic (exact) mass is 230 g/mol. The molecule has 0 bridgehead atoms. The van der Waals surface area contributed by atoms with Crippen molar-refractivity contribution in [1.29, 1.82) is 0 Å². The Morgan fingerprint density at radius 1 is 1.38 bits per heavy atom. The topological polar surface area (TPSA) is 92.4 Å². The second-order valence-electron chi connectivity index (χ2n) is 4.31. The van der Waals surface area contributed by atoms with Gasteiger partial charge in [-0.3, -0.25) is 4.79 Å². The predicted molar refractivity (Wildman–Crippen MR) is 61.9 cm³/mol. The van der Waals surface area contributed by atoms with Gasteiger partial charge in [0.2, 0.25) is 5.91 Å². The highest BCUT2D eigenvalue weighted by Gasteiger charge is 2.24. The highest BCUT2D eigenvalue weighted by molar-refractivity contribution is 5.86. The van der Waals surface area contributed by atoms with E-state index in [9.17, 15) is 9.59 Å². The van der Waals surface area contributed by atoms with Crippen molar-refractivity contribution in [3.05, 3.63) is 0 Å². The van der Waals surface area contributed by atoms with Crippen molar-refractivity contribution in [2.24, 2.45) is 11.7 Å². The number of hydrogen-bond donors (Lipinski definition) is 3. The summed E-state index contributed by atoms with van der Waals surface area (Å²) >= 11 is 0. The number of nitrogens with one attached hydrogen (secondary N) is 1. The number of unbranched alkanes of at least 4 members (excludes halogenated alkanes) is 1. The Labute approximate surface area is 96.4 Å². The molecule has 5 heteroatoms. The molecule has 0 heterocycles. The van der Waals surface area contributed by atoms with E-state index in [-0.39, 0.29) is 5.92 Å². The maximum atomic E-state index is 11.6. The molecular weight excluding hydrogens is 208 g/mol. The fourth-order valence-corrected chi connectivity index (χ4v) is 1.24. The van der Waals surface area contributed by atoms with Crippen molar-refractivity contribution in [3.63, 3.8) is 0 Å². The van der Waals surface area contributed by atoms with E-state index in [1.807, 2.05) is 20.8 Å². The fraction of sp³-hybridized carbons (Fsp3) is 0.818. The third kappa shape index (κ3) is 5.11. The van der Waals surface area contributed by atoms with Crippen LogP contribution in [0.25, 0.3) is 0 Å². The smallest absolute Gasteiger partial charge is 0.326 e. The first-order chi connectivity index (χ1) is 7.40. The lowest BCUT2D eigenvalue weighted by Gasteiger charge is -2.19. The number of hydrogen-bond acceptors (Lipinski definition) is 3. The van der Waals surface area contributed by atoms with Gasteiger partial charge in [-0.15, -0.1) is 0 Å². The SMILES string of the molecule is CCCCC(NC(=O)[C@@H](N)C(C)C)C(=O)O. The van der Waals surface area contributed by atoms with Crippen LogP contribution in [0.1, 0.15) is 40.0 Å². The van der Waals surface area contributed by atoms with Crippen molar-refractivity contribution >= 4 is 11.9 Å². The standard InChI is InChI=1S/C11H22N2O3/c1-4-5-6-8(11(15)16)13-10(14)9(12)7(2)3/h7-9H,4-6,12H2,1-3H3,(H,13,14)(H,15,16)/t8?,9-/m0/s1. The molecule has 0 radical (unpaired) electrons. The Bertz CT molecular complexity index is 241. The number of carbonyl (C=O) groups is 2. The average Bonchev–Trinajstić information content (AvgIpc) is 2.21. The van der Waals surface area contributed by atoms with E-state index >= 15 is 0 Å². The quantitative estimate of drug-likeness (QED) is 0.601. The highest BCUT2D eigenvalue weighted by atomic mass is 16.4. The number of rotatable bonds is 7. The molecule has 0 aromatic carbocycles. The number of nitrogens with two attached hydrogens (primary N) is 1. The minimum atomic E-state index is -1.00. The molecule has 0 aliphatic heterocycles. The van der Waals surface area contributed by atoms with E-state index in [1.165, 1.54) is 0 Å². The van der Waals surface area contributed by atoms with Crippen LogP contribution in [0.3, 0.4) is 0 Å². The number of carboxylic acids is 1. The Morgan fingerprint density at radius 2 is 1.94 bits per heavy atom. The molecule has 0 aliphatic rings. The molecule has 0 aliphatic carbocycles. The summed E-state index contributed by atoms with van der Waals surface area (Å²) < 4.78 is 0. The lowest BCUT2D eigenvalue weighted by Crippen LogP contribution is -2.50. The van der Waals surface area contributed by atoms with Crippen LogP contribution in [-0.2, 0) is 9.59 Å². The molecule has 0 saturated heterocycles. The summed E-state index contributed by atoms with van der Waals surface area (Å²) in [5.41, 5.74) is 5.63. The molecule has 94 valence electrons. The van der Waals surface area contributed by atoms with Crippen molar-refractivity contribution in [3.8, 4) is 0 Å². The van der Waals surface area contributed by atoms with E-state index < -0.39 is 24.0 Å². The Hall–Kier alpha value is -1.10. The van der Waals surface area contributed by atoms with Gasteiger partial charge in [-0.05, 0) is 12.3 Å². The molecule has 1 unspecified atom stereocenters. The van der Waals surface area contributed by atoms with Crippen LogP contribution >= 0.6 is 0 Å². The lowest BCUT2D eigenvalue weighted by molar-refractivity contribution is -0.142. The van der Waals surface area contributed by atoms with Crippen molar-refractivity contribution in [1.82, 2.24) is 5.32 Å². The van der Waals surface area contributed by atoms with Gasteiger partial charge >= 0.3 is 5.97 Å². The van der Waals surface area contributed by atoms with Crippen LogP contribution in [0.2, 0.25) is 0 Å². The fourth-order valence-electron chi connectivity index (χ4n) is 1.24. The van der Waals surface area contributed by atoms with Crippen molar-refractivity contribution in [2.75, 3.05) is 0 Å². The van der Waals surface area contributed by atoms with Crippen molar-refractivity contribution in [2.45, 2.75) is 52.1 Å². The van der Waals surface area contributed by atoms with Gasteiger partial charge in [-0.1, -0.05) is 33.6 Å². The summed E-state index contributed by atoms with van der Waals surface area (Å²) in [5.74, 6) is -1.39. The first-order valence-electron chi connectivity index (χ1n) is 5.68. The molecule has 0 aromatic heterocycles. The first-order valence-corrected chi connectivity index (χ1v) is 5.68.